The van der Waals surface area contributed by atoms with Gasteiger partial charge in [-0.05, 0) is 12.1 Å². The Bertz CT molecular complexity index is 412. The number of rotatable bonds is 0. The molecule has 0 radical (unpaired) electrons. The van der Waals surface area contributed by atoms with Gasteiger partial charge in [-0.15, -0.1) is 12.4 Å². The summed E-state index contributed by atoms with van der Waals surface area (Å²) in [7, 11) is 0. The quantitative estimate of drug-likeness (QED) is 0.551. The first-order valence-corrected chi connectivity index (χ1v) is 2.89. The van der Waals surface area contributed by atoms with Crippen LogP contribution in [0.15, 0.2) is 29.5 Å². The van der Waals surface area contributed by atoms with Crippen molar-refractivity contribution in [3.8, 4) is 0 Å². The summed E-state index contributed by atoms with van der Waals surface area (Å²) < 4.78 is 1.53. The Morgan fingerprint density at radius 3 is 2.50 bits per heavy atom. The number of fused-ring (bicyclic) bond motifs is 1. The Balaban J connectivity index is -0.000000302. The summed E-state index contributed by atoms with van der Waals surface area (Å²) in [6, 6.07) is 3.49. The van der Waals surface area contributed by atoms with Crippen LogP contribution in [0.3, 0.4) is 0 Å². The van der Waals surface area contributed by atoms with E-state index < -0.39 is 0 Å². The number of hydrogen-bond donors (Lipinski definition) is 1. The van der Waals surface area contributed by atoms with Gasteiger partial charge < -0.3 is 21.4 Å². The van der Waals surface area contributed by atoms with Gasteiger partial charge >= 0.3 is 0 Å². The maximum absolute atomic E-state index is 10.9. The van der Waals surface area contributed by atoms with Gasteiger partial charge in [-0.3, -0.25) is 4.79 Å². The Morgan fingerprint density at radius 1 is 1.29 bits per heavy atom. The van der Waals surface area contributed by atoms with Gasteiger partial charge in [0.15, 0.2) is 0 Å². The van der Waals surface area contributed by atoms with Gasteiger partial charge in [0.2, 0.25) is 0 Å². The molecule has 0 fully saturated rings. The molecule has 0 aliphatic rings. The van der Waals surface area contributed by atoms with E-state index in [1.807, 2.05) is 0 Å². The zero-order chi connectivity index (χ0) is 6.97. The molecule has 8 heteroatoms. The average molecular weight is 226 g/mol. The molecule has 0 amide bonds. The summed E-state index contributed by atoms with van der Waals surface area (Å²) in [5.41, 5.74) is 0.461. The van der Waals surface area contributed by atoms with Crippen LogP contribution in [0.2, 0.25) is 0 Å². The molecule has 0 spiro atoms. The van der Waals surface area contributed by atoms with Crippen LogP contribution in [-0.4, -0.2) is 31.0 Å². The van der Waals surface area contributed by atoms with E-state index in [2.05, 4.69) is 10.1 Å². The molecule has 0 bridgehead atoms. The second kappa shape index (κ2) is 7.04. The van der Waals surface area contributed by atoms with E-state index in [1.54, 1.807) is 18.3 Å². The fourth-order valence-electron chi connectivity index (χ4n) is 0.876. The van der Waals surface area contributed by atoms with Gasteiger partial charge in [0.25, 0.3) is 5.56 Å². The second-order valence-electron chi connectivity index (χ2n) is 1.96. The zero-order valence-electron chi connectivity index (χ0n) is 7.02. The van der Waals surface area contributed by atoms with Crippen LogP contribution in [0.5, 0.6) is 0 Å². The van der Waals surface area contributed by atoms with E-state index in [4.69, 9.17) is 0 Å². The molecule has 7 nitrogen and oxygen atoms in total. The van der Waals surface area contributed by atoms with Crippen LogP contribution >= 0.6 is 12.4 Å². The van der Waals surface area contributed by atoms with E-state index in [1.165, 1.54) is 10.8 Å². The smallest absolute Gasteiger partial charge is 0.275 e. The van der Waals surface area contributed by atoms with E-state index in [0.29, 0.717) is 5.52 Å². The fourth-order valence-corrected chi connectivity index (χ4v) is 0.876. The lowest BCUT2D eigenvalue weighted by Gasteiger charge is -1.87. The molecule has 2 aromatic rings. The van der Waals surface area contributed by atoms with Gasteiger partial charge in [0, 0.05) is 6.20 Å². The third kappa shape index (κ3) is 2.82. The molecule has 0 aromatic carbocycles. The first-order valence-electron chi connectivity index (χ1n) is 2.89. The number of nitrogens with zero attached hydrogens (tertiary/aromatic N) is 2. The molecule has 0 atom stereocenters. The lowest BCUT2D eigenvalue weighted by Crippen LogP contribution is -2.09. The molecule has 14 heavy (non-hydrogen) atoms. The molecular formula is C6H12ClN3O4. The third-order valence-corrected chi connectivity index (χ3v) is 1.34. The van der Waals surface area contributed by atoms with Crippen LogP contribution in [0, 0.1) is 0 Å². The number of nitrogens with one attached hydrogen (secondary N) is 1. The zero-order valence-corrected chi connectivity index (χ0v) is 7.84. The average Bonchev–Trinajstić information content (AvgIpc) is 2.36. The molecule has 82 valence electrons. The van der Waals surface area contributed by atoms with Crippen LogP contribution in [0.1, 0.15) is 0 Å². The number of aromatic nitrogens is 3. The summed E-state index contributed by atoms with van der Waals surface area (Å²) >= 11 is 0. The first kappa shape index (κ1) is 18.4. The molecule has 2 heterocycles. The first-order chi connectivity index (χ1) is 4.88. The van der Waals surface area contributed by atoms with Crippen molar-refractivity contribution < 1.29 is 16.4 Å². The Morgan fingerprint density at radius 2 is 1.93 bits per heavy atom. The third-order valence-electron chi connectivity index (χ3n) is 1.34. The molecule has 0 aliphatic carbocycles. The minimum absolute atomic E-state index is 0. The number of hydrogen-bond acceptors (Lipinski definition) is 2. The largest absolute Gasteiger partial charge is 0.412 e. The molecule has 2 aromatic heterocycles. The van der Waals surface area contributed by atoms with E-state index in [-0.39, 0.29) is 34.4 Å². The van der Waals surface area contributed by atoms with Crippen LogP contribution in [0.4, 0.5) is 0 Å². The van der Waals surface area contributed by atoms with E-state index >= 15 is 0 Å². The van der Waals surface area contributed by atoms with Crippen molar-refractivity contribution in [1.82, 2.24) is 14.6 Å². The lowest BCUT2D eigenvalue weighted by molar-refractivity contribution is 0.823. The van der Waals surface area contributed by atoms with Crippen LogP contribution < -0.4 is 5.56 Å². The van der Waals surface area contributed by atoms with Crippen molar-refractivity contribution in [2.24, 2.45) is 0 Å². The second-order valence-corrected chi connectivity index (χ2v) is 1.96. The van der Waals surface area contributed by atoms with Crippen molar-refractivity contribution in [3.05, 3.63) is 35.0 Å². The van der Waals surface area contributed by atoms with Gasteiger partial charge in [0.1, 0.15) is 11.8 Å². The minimum atomic E-state index is -0.111. The molecule has 0 aliphatic heterocycles. The van der Waals surface area contributed by atoms with Crippen molar-refractivity contribution in [2.75, 3.05) is 0 Å². The molecular weight excluding hydrogens is 214 g/mol. The van der Waals surface area contributed by atoms with Crippen LogP contribution in [-0.2, 0) is 0 Å². The molecule has 0 saturated heterocycles. The minimum Gasteiger partial charge on any atom is -0.412 e. The van der Waals surface area contributed by atoms with Crippen LogP contribution in [0.25, 0.3) is 5.52 Å². The normalized spacial score (nSPS) is 7.43. The number of halogens is 1. The van der Waals surface area contributed by atoms with E-state index in [0.717, 1.165) is 0 Å². The van der Waals surface area contributed by atoms with Crippen molar-refractivity contribution in [1.29, 1.82) is 0 Å². The van der Waals surface area contributed by atoms with E-state index in [9.17, 15) is 4.79 Å². The predicted octanol–water partition coefficient (Wildman–Crippen LogP) is -2.03. The molecule has 0 saturated carbocycles. The summed E-state index contributed by atoms with van der Waals surface area (Å²) in [5, 5.41) is 3.86. The number of H-pyrrole nitrogens is 1. The highest BCUT2D eigenvalue weighted by atomic mass is 35.5. The topological polar surface area (TPSA) is 145 Å². The van der Waals surface area contributed by atoms with Gasteiger partial charge in [-0.1, -0.05) is 0 Å². The summed E-state index contributed by atoms with van der Waals surface area (Å²) in [5.74, 6) is 0. The fraction of sp³-hybridized carbons (Fsp3) is 0. The highest BCUT2D eigenvalue weighted by Crippen LogP contribution is 1.91. The lowest BCUT2D eigenvalue weighted by atomic mass is 10.5. The standard InChI is InChI=1S/C6H5N3O.ClH.3H2O/c10-6-5-2-1-3-9(5)8-4-7-6;;;;/h1-4H,(H,7,8,10);1H;3*1H2. The highest BCUT2D eigenvalue weighted by molar-refractivity contribution is 5.85. The summed E-state index contributed by atoms with van der Waals surface area (Å²) in [6.45, 7) is 0. The Kier molecular flexibility index (Phi) is 9.24. The van der Waals surface area contributed by atoms with Crippen molar-refractivity contribution >= 4 is 17.9 Å². The molecule has 7 N–H and O–H groups in total. The Hall–Kier alpha value is -1.41. The molecule has 2 rings (SSSR count). The van der Waals surface area contributed by atoms with Gasteiger partial charge in [-0.2, -0.15) is 5.10 Å². The number of aromatic amines is 1. The SMILES string of the molecule is Cl.O.O.O.O=c1[nH]cnn2cccc12. The highest BCUT2D eigenvalue weighted by Gasteiger charge is 1.93. The molecule has 0 unspecified atom stereocenters. The van der Waals surface area contributed by atoms with Gasteiger partial charge in [0.05, 0.1) is 0 Å². The Labute approximate surface area is 84.7 Å². The maximum atomic E-state index is 10.9. The summed E-state index contributed by atoms with van der Waals surface area (Å²) in [4.78, 5) is 13.4. The monoisotopic (exact) mass is 225 g/mol. The van der Waals surface area contributed by atoms with Gasteiger partial charge in [-0.25, -0.2) is 4.52 Å². The predicted molar refractivity (Wildman–Crippen MR) is 53.9 cm³/mol. The van der Waals surface area contributed by atoms with Crippen molar-refractivity contribution in [3.63, 3.8) is 0 Å². The maximum Gasteiger partial charge on any atom is 0.275 e. The summed E-state index contributed by atoms with van der Waals surface area (Å²) in [6.07, 6.45) is 3.10. The van der Waals surface area contributed by atoms with Crippen molar-refractivity contribution in [2.45, 2.75) is 0 Å².